The Bertz CT molecular complexity index is 647. The molecule has 5 atom stereocenters. The van der Waals surface area contributed by atoms with Crippen LogP contribution < -0.4 is 0 Å². The Labute approximate surface area is 169 Å². The predicted molar refractivity (Wildman–Crippen MR) is 109 cm³/mol. The molecule has 0 spiro atoms. The third-order valence-corrected chi connectivity index (χ3v) is 7.12. The number of aliphatic hydroxyl groups is 2. The van der Waals surface area contributed by atoms with Crippen LogP contribution in [0.3, 0.4) is 0 Å². The van der Waals surface area contributed by atoms with Crippen molar-refractivity contribution in [2.24, 2.45) is 29.1 Å². The highest BCUT2D eigenvalue weighted by molar-refractivity contribution is 5.67. The monoisotopic (exact) mass is 388 g/mol. The minimum atomic E-state index is -0.748. The number of aliphatic carboxylic acids is 1. The van der Waals surface area contributed by atoms with Gasteiger partial charge in [0.2, 0.25) is 0 Å². The van der Waals surface area contributed by atoms with Gasteiger partial charge in [0.05, 0.1) is 12.5 Å². The Balaban J connectivity index is 1.60. The summed E-state index contributed by atoms with van der Waals surface area (Å²) >= 11 is 0. The summed E-state index contributed by atoms with van der Waals surface area (Å²) in [7, 11) is 0. The first-order valence-electron chi connectivity index (χ1n) is 11.0. The molecule has 0 aromatic heterocycles. The second-order valence-corrected chi connectivity index (χ2v) is 10.1. The largest absolute Gasteiger partial charge is 0.481 e. The van der Waals surface area contributed by atoms with Gasteiger partial charge in [0.1, 0.15) is 6.10 Å². The van der Waals surface area contributed by atoms with E-state index in [0.29, 0.717) is 17.8 Å². The summed E-state index contributed by atoms with van der Waals surface area (Å²) in [5, 5.41) is 30.0. The fourth-order valence-corrected chi connectivity index (χ4v) is 5.48. The molecule has 0 bridgehead atoms. The van der Waals surface area contributed by atoms with Crippen molar-refractivity contribution in [3.8, 4) is 11.8 Å². The number of aliphatic hydroxyl groups excluding tert-OH is 2. The first-order valence-corrected chi connectivity index (χ1v) is 11.0. The van der Waals surface area contributed by atoms with Crippen LogP contribution in [0.15, 0.2) is 11.6 Å². The van der Waals surface area contributed by atoms with Crippen LogP contribution in [-0.2, 0) is 4.79 Å². The summed E-state index contributed by atoms with van der Waals surface area (Å²) in [6.45, 7) is 4.00. The number of carboxylic acid groups (broad SMARTS) is 1. The van der Waals surface area contributed by atoms with E-state index in [9.17, 15) is 15.0 Å². The quantitative estimate of drug-likeness (QED) is 0.488. The van der Waals surface area contributed by atoms with Crippen LogP contribution >= 0.6 is 0 Å². The van der Waals surface area contributed by atoms with Crippen LogP contribution in [-0.4, -0.2) is 33.5 Å². The number of rotatable bonds is 5. The van der Waals surface area contributed by atoms with Gasteiger partial charge in [-0.3, -0.25) is 4.79 Å². The molecule has 0 saturated heterocycles. The molecule has 0 amide bonds. The molecule has 0 aromatic rings. The molecule has 0 aliphatic heterocycles. The Morgan fingerprint density at radius 2 is 1.96 bits per heavy atom. The van der Waals surface area contributed by atoms with Gasteiger partial charge in [-0.15, -0.1) is 0 Å². The van der Waals surface area contributed by atoms with Crippen molar-refractivity contribution < 1.29 is 20.1 Å². The van der Waals surface area contributed by atoms with Gasteiger partial charge in [-0.25, -0.2) is 0 Å². The molecule has 4 heteroatoms. The molecule has 3 fully saturated rings. The van der Waals surface area contributed by atoms with E-state index in [-0.39, 0.29) is 23.9 Å². The maximum Gasteiger partial charge on any atom is 0.303 e. The van der Waals surface area contributed by atoms with Gasteiger partial charge < -0.3 is 15.3 Å². The lowest BCUT2D eigenvalue weighted by molar-refractivity contribution is -0.139. The zero-order valence-corrected chi connectivity index (χ0v) is 17.4. The van der Waals surface area contributed by atoms with Gasteiger partial charge in [-0.05, 0) is 61.7 Å². The topological polar surface area (TPSA) is 77.8 Å². The molecule has 0 heterocycles. The fraction of sp³-hybridized carbons (Fsp3) is 0.792. The van der Waals surface area contributed by atoms with E-state index in [2.05, 4.69) is 17.9 Å². The lowest BCUT2D eigenvalue weighted by Gasteiger charge is -2.23. The summed E-state index contributed by atoms with van der Waals surface area (Å²) in [5.41, 5.74) is 1.15. The lowest BCUT2D eigenvalue weighted by atomic mass is 9.84. The first-order chi connectivity index (χ1) is 13.2. The molecule has 0 radical (unpaired) electrons. The molecule has 3 saturated carbocycles. The van der Waals surface area contributed by atoms with E-state index >= 15 is 0 Å². The molecular weight excluding hydrogens is 352 g/mol. The molecule has 5 unspecified atom stereocenters. The van der Waals surface area contributed by atoms with Crippen LogP contribution in [0.4, 0.5) is 0 Å². The average molecular weight is 389 g/mol. The second-order valence-electron chi connectivity index (χ2n) is 10.1. The summed E-state index contributed by atoms with van der Waals surface area (Å²) in [5.74, 6) is 6.70. The minimum Gasteiger partial charge on any atom is -0.481 e. The number of carbonyl (C=O) groups is 1. The average Bonchev–Trinajstić information content (AvgIpc) is 3.14. The molecule has 0 aromatic carbocycles. The summed E-state index contributed by atoms with van der Waals surface area (Å²) in [6, 6.07) is 0. The summed E-state index contributed by atoms with van der Waals surface area (Å²) in [4.78, 5) is 11.0. The summed E-state index contributed by atoms with van der Waals surface area (Å²) < 4.78 is 0. The maximum absolute atomic E-state index is 11.0. The Hall–Kier alpha value is -1.31. The second kappa shape index (κ2) is 9.01. The Kier molecular flexibility index (Phi) is 6.89. The van der Waals surface area contributed by atoms with E-state index in [1.54, 1.807) is 0 Å². The van der Waals surface area contributed by atoms with E-state index in [1.807, 2.05) is 13.8 Å². The van der Waals surface area contributed by atoms with Crippen LogP contribution in [0.2, 0.25) is 0 Å². The van der Waals surface area contributed by atoms with Crippen LogP contribution in [0.5, 0.6) is 0 Å². The molecule has 4 nitrogen and oxygen atoms in total. The van der Waals surface area contributed by atoms with Crippen molar-refractivity contribution in [1.82, 2.24) is 0 Å². The highest BCUT2D eigenvalue weighted by atomic mass is 16.4. The van der Waals surface area contributed by atoms with Crippen molar-refractivity contribution in [3.05, 3.63) is 11.6 Å². The standard InChI is InChI=1S/C24H36O4/c1-24(2,15-23(27)28)11-10-16-12-18-14-22(26)19(20(18)13-16)8-9-21(25)17-6-4-3-5-7-17/h10,17-22,25-26H,3-7,11-15H2,1-2H3,(H,27,28)/b16-10-. The first kappa shape index (κ1) is 21.4. The molecule has 3 rings (SSSR count). The van der Waals surface area contributed by atoms with E-state index in [1.165, 1.54) is 24.8 Å². The third kappa shape index (κ3) is 5.39. The van der Waals surface area contributed by atoms with Gasteiger partial charge >= 0.3 is 5.97 Å². The van der Waals surface area contributed by atoms with Crippen molar-refractivity contribution in [2.75, 3.05) is 0 Å². The summed E-state index contributed by atoms with van der Waals surface area (Å²) in [6.07, 6.45) is 10.7. The van der Waals surface area contributed by atoms with Gasteiger partial charge in [0.25, 0.3) is 0 Å². The lowest BCUT2D eigenvalue weighted by Crippen LogP contribution is -2.23. The molecule has 28 heavy (non-hydrogen) atoms. The van der Waals surface area contributed by atoms with Crippen LogP contribution in [0, 0.1) is 40.9 Å². The smallest absolute Gasteiger partial charge is 0.303 e. The van der Waals surface area contributed by atoms with Crippen molar-refractivity contribution in [2.45, 2.75) is 90.3 Å². The van der Waals surface area contributed by atoms with E-state index in [0.717, 1.165) is 38.5 Å². The number of hydrogen-bond acceptors (Lipinski definition) is 3. The van der Waals surface area contributed by atoms with Crippen molar-refractivity contribution in [1.29, 1.82) is 0 Å². The minimum absolute atomic E-state index is 0.0406. The van der Waals surface area contributed by atoms with E-state index < -0.39 is 12.1 Å². The van der Waals surface area contributed by atoms with Crippen molar-refractivity contribution >= 4 is 5.97 Å². The van der Waals surface area contributed by atoms with Gasteiger partial charge in [-0.1, -0.05) is 56.6 Å². The molecular formula is C24H36O4. The van der Waals surface area contributed by atoms with Crippen molar-refractivity contribution in [3.63, 3.8) is 0 Å². The highest BCUT2D eigenvalue weighted by Gasteiger charge is 2.45. The van der Waals surface area contributed by atoms with Gasteiger partial charge in [-0.2, -0.15) is 0 Å². The number of allylic oxidation sites excluding steroid dienone is 2. The SMILES string of the molecule is CC(C)(C/C=C1/CC2CC(O)C(C#CC(O)C3CCCCC3)C2C1)CC(=O)O. The molecule has 3 N–H and O–H groups in total. The molecule has 3 aliphatic carbocycles. The number of fused-ring (bicyclic) bond motifs is 1. The predicted octanol–water partition coefficient (Wildman–Crippen LogP) is 4.16. The number of hydrogen-bond donors (Lipinski definition) is 3. The Morgan fingerprint density at radius 3 is 2.64 bits per heavy atom. The Morgan fingerprint density at radius 1 is 1.25 bits per heavy atom. The maximum atomic E-state index is 11.0. The van der Waals surface area contributed by atoms with Gasteiger partial charge in [0.15, 0.2) is 0 Å². The van der Waals surface area contributed by atoms with Gasteiger partial charge in [0, 0.05) is 5.92 Å². The third-order valence-electron chi connectivity index (χ3n) is 7.12. The normalized spacial score (nSPS) is 33.4. The highest BCUT2D eigenvalue weighted by Crippen LogP contribution is 2.50. The van der Waals surface area contributed by atoms with Crippen LogP contribution in [0.1, 0.15) is 78.1 Å². The zero-order chi connectivity index (χ0) is 20.3. The number of carboxylic acids is 1. The molecule has 156 valence electrons. The fourth-order valence-electron chi connectivity index (χ4n) is 5.48. The van der Waals surface area contributed by atoms with E-state index in [4.69, 9.17) is 5.11 Å². The zero-order valence-electron chi connectivity index (χ0n) is 17.4. The van der Waals surface area contributed by atoms with Crippen LogP contribution in [0.25, 0.3) is 0 Å². The molecule has 3 aliphatic rings.